The Balaban J connectivity index is 1.59. The van der Waals surface area contributed by atoms with Gasteiger partial charge >= 0.3 is 6.18 Å². The zero-order valence-corrected chi connectivity index (χ0v) is 20.6. The zero-order chi connectivity index (χ0) is 26.9. The number of rotatable bonds is 6. The maximum Gasteiger partial charge on any atom is 0.433 e. The van der Waals surface area contributed by atoms with E-state index in [1.165, 1.54) is 13.0 Å². The fraction of sp³-hybridized carbons (Fsp3) is 0.179. The predicted molar refractivity (Wildman–Crippen MR) is 140 cm³/mol. The minimum atomic E-state index is -4.62. The standard InChI is InChI=1S/C28H23F3N6O/c1-16-7-6-10-20(33-16)11-12-32-22-15-21-26(37-27(22)38)36-24(18-8-4-3-5-9-18)25(35-21)19-13-17(2)34-23(14-19)28(29,30)31/h3-10,13-15,32H,11-12H2,1-2H3,(H,36,37,38). The van der Waals surface area contributed by atoms with Crippen LogP contribution in [0.5, 0.6) is 0 Å². The topological polar surface area (TPSA) is 96.5 Å². The summed E-state index contributed by atoms with van der Waals surface area (Å²) in [5, 5.41) is 3.11. The second-order valence-electron chi connectivity index (χ2n) is 8.86. The van der Waals surface area contributed by atoms with E-state index in [4.69, 9.17) is 0 Å². The molecule has 10 heteroatoms. The van der Waals surface area contributed by atoms with Crippen LogP contribution in [0.2, 0.25) is 0 Å². The molecule has 0 aliphatic rings. The van der Waals surface area contributed by atoms with Crippen molar-refractivity contribution in [1.29, 1.82) is 0 Å². The van der Waals surface area contributed by atoms with Crippen LogP contribution in [0, 0.1) is 13.8 Å². The third kappa shape index (κ3) is 5.39. The lowest BCUT2D eigenvalue weighted by Gasteiger charge is -2.14. The Hall–Kier alpha value is -4.60. The summed E-state index contributed by atoms with van der Waals surface area (Å²) in [5.74, 6) is 0. The number of aromatic nitrogens is 5. The van der Waals surface area contributed by atoms with Gasteiger partial charge in [0.1, 0.15) is 16.9 Å². The number of nitrogens with zero attached hydrogens (tertiary/aromatic N) is 4. The highest BCUT2D eigenvalue weighted by molar-refractivity contribution is 5.85. The Kier molecular flexibility index (Phi) is 6.62. The molecular formula is C28H23F3N6O. The van der Waals surface area contributed by atoms with Crippen molar-refractivity contribution in [3.63, 3.8) is 0 Å². The van der Waals surface area contributed by atoms with E-state index < -0.39 is 11.9 Å². The van der Waals surface area contributed by atoms with Crippen LogP contribution in [0.1, 0.15) is 22.8 Å². The summed E-state index contributed by atoms with van der Waals surface area (Å²) in [5.41, 5.74) is 2.91. The molecule has 2 N–H and O–H groups in total. The summed E-state index contributed by atoms with van der Waals surface area (Å²) in [4.78, 5) is 33.0. The number of hydrogen-bond donors (Lipinski definition) is 2. The smallest absolute Gasteiger partial charge is 0.380 e. The van der Waals surface area contributed by atoms with Crippen molar-refractivity contribution in [3.8, 4) is 22.5 Å². The van der Waals surface area contributed by atoms with Gasteiger partial charge in [0, 0.05) is 41.2 Å². The number of hydrogen-bond acceptors (Lipinski definition) is 6. The Morgan fingerprint density at radius 1 is 0.816 bits per heavy atom. The van der Waals surface area contributed by atoms with Crippen LogP contribution in [0.25, 0.3) is 33.7 Å². The molecule has 4 heterocycles. The molecule has 0 fully saturated rings. The predicted octanol–water partition coefficient (Wildman–Crippen LogP) is 5.73. The second kappa shape index (κ2) is 10.0. The first kappa shape index (κ1) is 25.1. The monoisotopic (exact) mass is 516 g/mol. The molecule has 38 heavy (non-hydrogen) atoms. The summed E-state index contributed by atoms with van der Waals surface area (Å²) >= 11 is 0. The van der Waals surface area contributed by atoms with Crippen LogP contribution in [-0.2, 0) is 12.6 Å². The highest BCUT2D eigenvalue weighted by atomic mass is 19.4. The second-order valence-corrected chi connectivity index (χ2v) is 8.86. The molecular weight excluding hydrogens is 493 g/mol. The third-order valence-electron chi connectivity index (χ3n) is 5.89. The van der Waals surface area contributed by atoms with E-state index in [1.807, 2.05) is 31.2 Å². The van der Waals surface area contributed by atoms with E-state index >= 15 is 0 Å². The number of aromatic amines is 1. The van der Waals surface area contributed by atoms with E-state index in [0.29, 0.717) is 29.7 Å². The Morgan fingerprint density at radius 2 is 1.58 bits per heavy atom. The molecule has 0 bridgehead atoms. The van der Waals surface area contributed by atoms with Crippen molar-refractivity contribution in [2.45, 2.75) is 26.4 Å². The molecule has 0 amide bonds. The molecule has 0 unspecified atom stereocenters. The quantitative estimate of drug-likeness (QED) is 0.299. The lowest BCUT2D eigenvalue weighted by molar-refractivity contribution is -0.141. The number of pyridine rings is 3. The number of H-pyrrole nitrogens is 1. The molecule has 5 aromatic rings. The van der Waals surface area contributed by atoms with Crippen LogP contribution in [0.3, 0.4) is 0 Å². The number of fused-ring (bicyclic) bond motifs is 1. The molecule has 1 aromatic carbocycles. The van der Waals surface area contributed by atoms with Gasteiger partial charge in [-0.05, 0) is 44.2 Å². The molecule has 192 valence electrons. The number of aryl methyl sites for hydroxylation is 2. The number of nitrogens with one attached hydrogen (secondary N) is 2. The van der Waals surface area contributed by atoms with Gasteiger partial charge < -0.3 is 10.3 Å². The first-order valence-corrected chi connectivity index (χ1v) is 11.9. The molecule has 0 saturated carbocycles. The van der Waals surface area contributed by atoms with Gasteiger partial charge in [0.2, 0.25) is 0 Å². The number of halogens is 3. The van der Waals surface area contributed by atoms with E-state index in [1.54, 1.807) is 30.3 Å². The lowest BCUT2D eigenvalue weighted by atomic mass is 10.0. The van der Waals surface area contributed by atoms with Crippen molar-refractivity contribution in [2.75, 3.05) is 11.9 Å². The molecule has 0 radical (unpaired) electrons. The Morgan fingerprint density at radius 3 is 2.32 bits per heavy atom. The van der Waals surface area contributed by atoms with Crippen molar-refractivity contribution in [1.82, 2.24) is 24.9 Å². The molecule has 5 rings (SSSR count). The van der Waals surface area contributed by atoms with E-state index in [-0.39, 0.29) is 33.8 Å². The first-order valence-electron chi connectivity index (χ1n) is 11.9. The van der Waals surface area contributed by atoms with Gasteiger partial charge in [0.25, 0.3) is 5.56 Å². The van der Waals surface area contributed by atoms with Crippen LogP contribution in [0.15, 0.2) is 71.5 Å². The summed E-state index contributed by atoms with van der Waals surface area (Å²) in [6.45, 7) is 3.86. The van der Waals surface area contributed by atoms with Crippen LogP contribution in [-0.4, -0.2) is 31.5 Å². The van der Waals surface area contributed by atoms with Gasteiger partial charge in [-0.25, -0.2) is 15.0 Å². The average Bonchev–Trinajstić information content (AvgIpc) is 2.88. The number of benzene rings is 1. The van der Waals surface area contributed by atoms with E-state index in [9.17, 15) is 18.0 Å². The number of alkyl halides is 3. The SMILES string of the molecule is Cc1cccc(CCNc2cc3nc(-c4cc(C)nc(C(F)(F)F)c4)c(-c4ccccc4)nc3[nH]c2=O)n1. The largest absolute Gasteiger partial charge is 0.433 e. The highest BCUT2D eigenvalue weighted by Gasteiger charge is 2.33. The average molecular weight is 517 g/mol. The van der Waals surface area contributed by atoms with E-state index in [0.717, 1.165) is 17.5 Å². The summed E-state index contributed by atoms with van der Waals surface area (Å²) in [7, 11) is 0. The fourth-order valence-corrected chi connectivity index (χ4v) is 4.16. The van der Waals surface area contributed by atoms with Crippen LogP contribution < -0.4 is 10.9 Å². The highest BCUT2D eigenvalue weighted by Crippen LogP contribution is 2.35. The molecule has 0 saturated heterocycles. The maximum absolute atomic E-state index is 13.5. The summed E-state index contributed by atoms with van der Waals surface area (Å²) < 4.78 is 40.6. The zero-order valence-electron chi connectivity index (χ0n) is 20.6. The minimum Gasteiger partial charge on any atom is -0.380 e. The van der Waals surface area contributed by atoms with Gasteiger partial charge in [-0.2, -0.15) is 13.2 Å². The van der Waals surface area contributed by atoms with Crippen LogP contribution in [0.4, 0.5) is 18.9 Å². The van der Waals surface area contributed by atoms with Crippen molar-refractivity contribution in [3.05, 3.63) is 99.9 Å². The Bertz CT molecular complexity index is 1680. The van der Waals surface area contributed by atoms with Gasteiger partial charge in [-0.15, -0.1) is 0 Å². The lowest BCUT2D eigenvalue weighted by Crippen LogP contribution is -2.17. The van der Waals surface area contributed by atoms with Crippen molar-refractivity contribution < 1.29 is 13.2 Å². The van der Waals surface area contributed by atoms with Gasteiger partial charge in [0.05, 0.1) is 11.4 Å². The maximum atomic E-state index is 13.5. The molecule has 0 spiro atoms. The minimum absolute atomic E-state index is 0.198. The third-order valence-corrected chi connectivity index (χ3v) is 5.89. The van der Waals surface area contributed by atoms with Gasteiger partial charge in [0.15, 0.2) is 5.65 Å². The normalized spacial score (nSPS) is 11.6. The first-order chi connectivity index (χ1) is 18.2. The fourth-order valence-electron chi connectivity index (χ4n) is 4.16. The molecule has 0 atom stereocenters. The molecule has 4 aromatic heterocycles. The van der Waals surface area contributed by atoms with E-state index in [2.05, 4.69) is 30.2 Å². The summed E-state index contributed by atoms with van der Waals surface area (Å²) in [6, 6.07) is 18.8. The Labute approximate surface area is 215 Å². The summed E-state index contributed by atoms with van der Waals surface area (Å²) in [6.07, 6.45) is -4.02. The van der Waals surface area contributed by atoms with Crippen LogP contribution >= 0.6 is 0 Å². The van der Waals surface area contributed by atoms with Gasteiger partial charge in [-0.3, -0.25) is 9.78 Å². The number of anilines is 1. The van der Waals surface area contributed by atoms with Crippen molar-refractivity contribution in [2.24, 2.45) is 0 Å². The van der Waals surface area contributed by atoms with Crippen molar-refractivity contribution >= 4 is 16.9 Å². The van der Waals surface area contributed by atoms with Gasteiger partial charge in [-0.1, -0.05) is 36.4 Å². The molecule has 7 nitrogen and oxygen atoms in total. The molecule has 0 aliphatic heterocycles. The molecule has 0 aliphatic carbocycles.